The van der Waals surface area contributed by atoms with E-state index in [-0.39, 0.29) is 43.2 Å². The molecule has 0 bridgehead atoms. The number of ether oxygens (including phenoxy) is 2. The summed E-state index contributed by atoms with van der Waals surface area (Å²) in [5, 5.41) is 3.81. The van der Waals surface area contributed by atoms with Gasteiger partial charge < -0.3 is 14.4 Å². The van der Waals surface area contributed by atoms with Gasteiger partial charge in [0.15, 0.2) is 0 Å². The maximum absolute atomic E-state index is 13.5. The Morgan fingerprint density at radius 1 is 1.24 bits per heavy atom. The number of carbonyl (C=O) groups is 1. The summed E-state index contributed by atoms with van der Waals surface area (Å²) in [6, 6.07) is 2.62. The molecule has 2 aliphatic rings. The average molecular weight is 471 g/mol. The molecule has 33 heavy (non-hydrogen) atoms. The van der Waals surface area contributed by atoms with Crippen molar-refractivity contribution in [2.45, 2.75) is 56.9 Å². The Labute approximate surface area is 187 Å². The number of nitrogens with zero attached hydrogens (tertiary/aromatic N) is 5. The summed E-state index contributed by atoms with van der Waals surface area (Å²) in [7, 11) is 1.31. The number of hydrogen-bond donors (Lipinski definition) is 0. The molecule has 0 aromatic carbocycles. The zero-order valence-electron chi connectivity index (χ0n) is 18.1. The van der Waals surface area contributed by atoms with Crippen LogP contribution in [0.15, 0.2) is 18.3 Å². The van der Waals surface area contributed by atoms with E-state index in [4.69, 9.17) is 9.47 Å². The molecule has 1 aliphatic carbocycles. The predicted molar refractivity (Wildman–Crippen MR) is 108 cm³/mol. The average Bonchev–Trinajstić information content (AvgIpc) is 3.25. The second kappa shape index (κ2) is 9.52. The third-order valence-corrected chi connectivity index (χ3v) is 6.09. The van der Waals surface area contributed by atoms with Crippen LogP contribution in [-0.2, 0) is 11.2 Å². The van der Waals surface area contributed by atoms with Gasteiger partial charge in [-0.1, -0.05) is 0 Å². The van der Waals surface area contributed by atoms with Crippen LogP contribution >= 0.6 is 0 Å². The first-order valence-corrected chi connectivity index (χ1v) is 10.8. The maximum Gasteiger partial charge on any atom is 0.409 e. The fourth-order valence-electron chi connectivity index (χ4n) is 4.06. The number of hydrogen-bond acceptors (Lipinski definition) is 6. The molecular weight excluding hydrogens is 446 g/mol. The van der Waals surface area contributed by atoms with E-state index >= 15 is 0 Å². The van der Waals surface area contributed by atoms with Gasteiger partial charge in [-0.3, -0.25) is 0 Å². The van der Waals surface area contributed by atoms with Crippen LogP contribution in [0, 0.1) is 5.92 Å². The number of alkyl halides is 4. The Hall–Kier alpha value is -2.92. The van der Waals surface area contributed by atoms with Crippen molar-refractivity contribution >= 4 is 6.09 Å². The van der Waals surface area contributed by atoms with Crippen LogP contribution in [0.25, 0.3) is 5.95 Å². The molecule has 0 N–H and O–H groups in total. The van der Waals surface area contributed by atoms with Crippen molar-refractivity contribution in [3.63, 3.8) is 0 Å². The molecule has 1 saturated heterocycles. The number of amides is 1. The van der Waals surface area contributed by atoms with E-state index in [2.05, 4.69) is 15.1 Å². The quantitative estimate of drug-likeness (QED) is 0.564. The van der Waals surface area contributed by atoms with Gasteiger partial charge in [0, 0.05) is 31.6 Å². The van der Waals surface area contributed by atoms with E-state index < -0.39 is 24.1 Å². The summed E-state index contributed by atoms with van der Waals surface area (Å²) in [6.45, 7) is 0.735. The van der Waals surface area contributed by atoms with Crippen molar-refractivity contribution < 1.29 is 31.8 Å². The van der Waals surface area contributed by atoms with Crippen molar-refractivity contribution in [1.82, 2.24) is 24.6 Å². The number of rotatable bonds is 7. The van der Waals surface area contributed by atoms with Crippen LogP contribution in [0.4, 0.5) is 22.4 Å². The number of likely N-dealkylation sites (tertiary alicyclic amines) is 1. The van der Waals surface area contributed by atoms with Crippen LogP contribution in [0.3, 0.4) is 0 Å². The lowest BCUT2D eigenvalue weighted by molar-refractivity contribution is -0.0457. The Morgan fingerprint density at radius 2 is 2.00 bits per heavy atom. The minimum atomic E-state index is -2.74. The molecule has 2 aromatic rings. The highest BCUT2D eigenvalue weighted by atomic mass is 19.3. The van der Waals surface area contributed by atoms with Crippen LogP contribution in [-0.4, -0.2) is 63.0 Å². The molecule has 1 amide bonds. The molecular formula is C21H25F4N5O3. The molecule has 1 aliphatic heterocycles. The third-order valence-electron chi connectivity index (χ3n) is 6.09. The molecule has 3 heterocycles. The summed E-state index contributed by atoms with van der Waals surface area (Å²) < 4.78 is 64.6. The predicted octanol–water partition coefficient (Wildman–Crippen LogP) is 4.19. The normalized spacial score (nSPS) is 20.5. The van der Waals surface area contributed by atoms with E-state index in [0.717, 1.165) is 11.1 Å². The lowest BCUT2D eigenvalue weighted by atomic mass is 9.84. The fraction of sp³-hybridized carbons (Fsp3) is 0.619. The molecule has 2 fully saturated rings. The van der Waals surface area contributed by atoms with Crippen molar-refractivity contribution in [3.05, 3.63) is 29.7 Å². The second-order valence-electron chi connectivity index (χ2n) is 8.40. The van der Waals surface area contributed by atoms with Crippen molar-refractivity contribution in [3.8, 4) is 11.8 Å². The van der Waals surface area contributed by atoms with Crippen molar-refractivity contribution in [2.24, 2.45) is 5.92 Å². The highest BCUT2D eigenvalue weighted by Gasteiger charge is 2.35. The number of methoxy groups -OCH3 is 1. The van der Waals surface area contributed by atoms with Crippen LogP contribution in [0.1, 0.15) is 49.9 Å². The molecule has 2 aromatic heterocycles. The van der Waals surface area contributed by atoms with E-state index in [9.17, 15) is 22.4 Å². The smallest absolute Gasteiger partial charge is 0.409 e. The highest BCUT2D eigenvalue weighted by molar-refractivity contribution is 5.68. The molecule has 1 unspecified atom stereocenters. The number of carbonyl (C=O) groups excluding carboxylic acids is 1. The van der Waals surface area contributed by atoms with Gasteiger partial charge in [-0.05, 0) is 37.7 Å². The van der Waals surface area contributed by atoms with Gasteiger partial charge in [0.05, 0.1) is 18.8 Å². The van der Waals surface area contributed by atoms with Crippen molar-refractivity contribution in [2.75, 3.05) is 20.3 Å². The monoisotopic (exact) mass is 471 g/mol. The summed E-state index contributed by atoms with van der Waals surface area (Å²) in [6.07, 6.45) is -0.263. The van der Waals surface area contributed by atoms with Gasteiger partial charge in [-0.25, -0.2) is 32.0 Å². The van der Waals surface area contributed by atoms with Crippen molar-refractivity contribution in [1.29, 1.82) is 0 Å². The third kappa shape index (κ3) is 5.53. The summed E-state index contributed by atoms with van der Waals surface area (Å²) in [4.78, 5) is 22.0. The summed E-state index contributed by atoms with van der Waals surface area (Å²) >= 11 is 0. The molecule has 1 atom stereocenters. The minimum absolute atomic E-state index is 0.0240. The van der Waals surface area contributed by atoms with Gasteiger partial charge >= 0.3 is 6.09 Å². The molecule has 1 saturated carbocycles. The van der Waals surface area contributed by atoms with Gasteiger partial charge in [0.1, 0.15) is 12.3 Å². The zero-order chi connectivity index (χ0) is 23.6. The van der Waals surface area contributed by atoms with Gasteiger partial charge in [0.2, 0.25) is 11.8 Å². The molecule has 0 spiro atoms. The first-order chi connectivity index (χ1) is 15.7. The topological polar surface area (TPSA) is 82.4 Å². The van der Waals surface area contributed by atoms with Gasteiger partial charge in [-0.2, -0.15) is 10.1 Å². The molecule has 0 radical (unpaired) electrons. The standard InChI is InChI=1S/C21H25F4N5O3/c1-32-20(31)29-8-4-15(29)12-33-17-11-14(10-13-2-6-21(24,25)7-3-13)26-19(27-17)30-9-5-16(28-30)18(22)23/h5,9,11,13,15,18H,2-4,6-8,10,12H2,1H3. The first kappa shape index (κ1) is 23.2. The summed E-state index contributed by atoms with van der Waals surface area (Å²) in [5.74, 6) is -2.36. The minimum Gasteiger partial charge on any atom is -0.475 e. The largest absolute Gasteiger partial charge is 0.475 e. The molecule has 180 valence electrons. The number of aromatic nitrogens is 4. The SMILES string of the molecule is COC(=O)N1CCC1COc1cc(CC2CCC(F)(F)CC2)nc(-n2ccc(C(F)F)n2)n1. The Bertz CT molecular complexity index is 977. The Kier molecular flexibility index (Phi) is 6.71. The van der Waals surface area contributed by atoms with Gasteiger partial charge in [0.25, 0.3) is 12.4 Å². The van der Waals surface area contributed by atoms with E-state index in [0.29, 0.717) is 31.5 Å². The zero-order valence-corrected chi connectivity index (χ0v) is 18.1. The van der Waals surface area contributed by atoms with Crippen LogP contribution < -0.4 is 4.74 Å². The Balaban J connectivity index is 1.52. The number of halogens is 4. The highest BCUT2D eigenvalue weighted by Crippen LogP contribution is 2.37. The maximum atomic E-state index is 13.5. The van der Waals surface area contributed by atoms with Crippen LogP contribution in [0.5, 0.6) is 5.88 Å². The second-order valence-corrected chi connectivity index (χ2v) is 8.40. The van der Waals surface area contributed by atoms with E-state index in [1.807, 2.05) is 0 Å². The lowest BCUT2D eigenvalue weighted by Gasteiger charge is -2.39. The lowest BCUT2D eigenvalue weighted by Crippen LogP contribution is -2.53. The molecule has 8 nitrogen and oxygen atoms in total. The summed E-state index contributed by atoms with van der Waals surface area (Å²) in [5.41, 5.74) is 0.141. The van der Waals surface area contributed by atoms with E-state index in [1.165, 1.54) is 24.3 Å². The van der Waals surface area contributed by atoms with Crippen LogP contribution in [0.2, 0.25) is 0 Å². The molecule has 12 heteroatoms. The van der Waals surface area contributed by atoms with E-state index in [1.54, 1.807) is 6.07 Å². The molecule has 4 rings (SSSR count). The fourth-order valence-corrected chi connectivity index (χ4v) is 4.06. The first-order valence-electron chi connectivity index (χ1n) is 10.8. The van der Waals surface area contributed by atoms with Gasteiger partial charge in [-0.15, -0.1) is 0 Å². The Morgan fingerprint density at radius 3 is 2.61 bits per heavy atom.